The van der Waals surface area contributed by atoms with Crippen LogP contribution in [0.25, 0.3) is 12.2 Å². The molecule has 2 fully saturated rings. The van der Waals surface area contributed by atoms with Crippen LogP contribution in [0.3, 0.4) is 0 Å². The summed E-state index contributed by atoms with van der Waals surface area (Å²) in [5.41, 5.74) is 12.1. The van der Waals surface area contributed by atoms with Gasteiger partial charge in [0, 0.05) is 56.0 Å². The molecule has 0 aromatic heterocycles. The Morgan fingerprint density at radius 1 is 0.694 bits per heavy atom. The average molecular weight is 994 g/mol. The third-order valence-corrected chi connectivity index (χ3v) is 10.6. The van der Waals surface area contributed by atoms with Crippen molar-refractivity contribution in [2.24, 2.45) is 5.73 Å². The first-order valence-electron chi connectivity index (χ1n) is 23.4. The Morgan fingerprint density at radius 3 is 1.42 bits per heavy atom. The number of aliphatic hydroxyl groups excluding tert-OH is 2. The molecule has 16 heteroatoms. The zero-order valence-electron chi connectivity index (χ0n) is 41.6. The van der Waals surface area contributed by atoms with Crippen LogP contribution in [0.5, 0.6) is 0 Å². The summed E-state index contributed by atoms with van der Waals surface area (Å²) in [5, 5.41) is 29.8. The summed E-state index contributed by atoms with van der Waals surface area (Å²) in [4.78, 5) is 50.1. The van der Waals surface area contributed by atoms with Crippen molar-refractivity contribution in [2.45, 2.75) is 58.7 Å². The number of alkyl halides is 1. The van der Waals surface area contributed by atoms with Crippen LogP contribution in [0.15, 0.2) is 109 Å². The van der Waals surface area contributed by atoms with Gasteiger partial charge in [0.1, 0.15) is 6.04 Å². The number of nitrogens with two attached hydrogens (primary N) is 1. The molecule has 0 unspecified atom stereocenters. The molecule has 4 aromatic rings. The predicted molar refractivity (Wildman–Crippen MR) is 277 cm³/mol. The number of hydrogen-bond donors (Lipinski definition) is 5. The Hall–Kier alpha value is -6.99. The number of carboxylic acid groups (broad SMARTS) is 1. The van der Waals surface area contributed by atoms with Gasteiger partial charge in [0.25, 0.3) is 5.91 Å². The van der Waals surface area contributed by atoms with Gasteiger partial charge in [-0.05, 0) is 109 Å². The van der Waals surface area contributed by atoms with Crippen molar-refractivity contribution in [2.75, 3.05) is 74.0 Å². The second-order valence-electron chi connectivity index (χ2n) is 15.9. The number of hydrogen-bond acceptors (Lipinski definition) is 13. The molecule has 0 bridgehead atoms. The number of methoxy groups -OCH3 is 2. The summed E-state index contributed by atoms with van der Waals surface area (Å²) in [7, 11) is 1.43. The quantitative estimate of drug-likeness (QED) is 0.0816. The summed E-state index contributed by atoms with van der Waals surface area (Å²) in [6, 6.07) is 28.1. The van der Waals surface area contributed by atoms with E-state index in [2.05, 4.69) is 72.5 Å². The summed E-state index contributed by atoms with van der Waals surface area (Å²) in [6.45, 7) is 11.8. The van der Waals surface area contributed by atoms with Gasteiger partial charge in [-0.15, -0.1) is 0 Å². The maximum absolute atomic E-state index is 12.4. The number of halogens is 1. The van der Waals surface area contributed by atoms with E-state index in [4.69, 9.17) is 26.8 Å². The molecule has 2 aliphatic rings. The zero-order valence-corrected chi connectivity index (χ0v) is 40.6. The minimum atomic E-state index is -1.12. The van der Waals surface area contributed by atoms with Gasteiger partial charge in [-0.1, -0.05) is 79.6 Å². The molecule has 6 N–H and O–H groups in total. The second kappa shape index (κ2) is 34.4. The highest BCUT2D eigenvalue weighted by atomic mass is 19.1. The molecular formula is C56H69FN4O11. The largest absolute Gasteiger partial charge is 0.478 e. The van der Waals surface area contributed by atoms with Gasteiger partial charge in [0.05, 0.1) is 66.9 Å². The fraction of sp³-hybridized carbons (Fsp3) is 0.357. The number of ether oxygens (including phenoxy) is 4. The van der Waals surface area contributed by atoms with Crippen molar-refractivity contribution in [3.63, 3.8) is 0 Å². The number of carboxylic acids is 1. The Balaban J connectivity index is 0.000000413. The van der Waals surface area contributed by atoms with E-state index in [0.29, 0.717) is 5.56 Å². The molecular weight excluding hydrogens is 924 g/mol. The van der Waals surface area contributed by atoms with Gasteiger partial charge >= 0.3 is 17.9 Å². The summed E-state index contributed by atoms with van der Waals surface area (Å²) < 4.78 is 35.1. The molecule has 4 aromatic carbocycles. The first kappa shape index (κ1) is 59.3. The molecule has 2 heterocycles. The second-order valence-corrected chi connectivity index (χ2v) is 15.9. The minimum Gasteiger partial charge on any atom is -0.478 e. The Kier molecular flexibility index (Phi) is 28.3. The monoisotopic (exact) mass is 994 g/mol. The first-order valence-corrected chi connectivity index (χ1v) is 22.7. The number of benzene rings is 4. The molecule has 0 aliphatic carbocycles. The standard InChI is InChI=1S/C27H30N2O5.C22H21NO3.C5H11NO3.CH3F.CH4/c1-20(30)25(27(32)33-2)28-26(31)24-13-11-22(12-14-24)6-4-3-5-21-7-9-23(10-8-21)19-29-15-17-34-18-16-29;24-22(25)21-11-9-19(10-12-21)4-2-1-3-18-5-7-20(8-6-18)17-23-13-15-26-16-14-23;1-3(7)4(6)5(8)9-2;1-2;/h4,6-14,20,25,30H,15-19H2,1-2H3,(H,28,31);2,4-12H,13-17H2,(H,24,25);3-4,7H,6H2,1-2H3;1H3;1H4/b6-4-;4-2-;;;/t20-,25+;;3-,4+;;/m1.1../s1/i;;;1D;. The van der Waals surface area contributed by atoms with E-state index in [1.54, 1.807) is 60.7 Å². The van der Waals surface area contributed by atoms with Crippen LogP contribution < -0.4 is 11.1 Å². The number of aromatic carboxylic acids is 1. The first-order chi connectivity index (χ1) is 34.7. The maximum atomic E-state index is 12.4. The normalized spacial score (nSPS) is 15.1. The van der Waals surface area contributed by atoms with Crippen LogP contribution >= 0.6 is 0 Å². The zero-order chi connectivity index (χ0) is 52.7. The highest BCUT2D eigenvalue weighted by molar-refractivity contribution is 5.97. The lowest BCUT2D eigenvalue weighted by Crippen LogP contribution is -2.48. The smallest absolute Gasteiger partial charge is 0.335 e. The molecule has 4 atom stereocenters. The van der Waals surface area contributed by atoms with Crippen LogP contribution in [0.1, 0.15) is 76.7 Å². The Labute approximate surface area is 424 Å². The van der Waals surface area contributed by atoms with E-state index in [9.17, 15) is 28.7 Å². The van der Waals surface area contributed by atoms with E-state index in [1.807, 2.05) is 36.4 Å². The number of aliphatic hydroxyl groups is 2. The number of amides is 1. The van der Waals surface area contributed by atoms with Crippen LogP contribution in [-0.4, -0.2) is 147 Å². The topological polar surface area (TPSA) is 210 Å². The van der Waals surface area contributed by atoms with Gasteiger partial charge in [0.2, 0.25) is 0 Å². The molecule has 1 amide bonds. The fourth-order valence-electron chi connectivity index (χ4n) is 6.49. The van der Waals surface area contributed by atoms with Crippen molar-refractivity contribution in [3.8, 4) is 23.7 Å². The number of nitrogens with one attached hydrogen (secondary N) is 1. The van der Waals surface area contributed by atoms with Crippen molar-refractivity contribution >= 4 is 36.0 Å². The molecule has 0 radical (unpaired) electrons. The van der Waals surface area contributed by atoms with E-state index in [0.717, 1.165) is 87.9 Å². The van der Waals surface area contributed by atoms with E-state index < -0.39 is 55.3 Å². The Morgan fingerprint density at radius 2 is 1.08 bits per heavy atom. The van der Waals surface area contributed by atoms with Crippen LogP contribution in [0, 0.1) is 23.7 Å². The number of morpholine rings is 2. The summed E-state index contributed by atoms with van der Waals surface area (Å²) in [6.07, 6.45) is 5.34. The van der Waals surface area contributed by atoms with Crippen LogP contribution in [0.2, 0.25) is 0 Å². The third-order valence-electron chi connectivity index (χ3n) is 10.6. The van der Waals surface area contributed by atoms with E-state index in [-0.39, 0.29) is 13.0 Å². The third kappa shape index (κ3) is 22.8. The predicted octanol–water partition coefficient (Wildman–Crippen LogP) is 5.61. The van der Waals surface area contributed by atoms with E-state index >= 15 is 0 Å². The number of nitrogens with zero attached hydrogens (tertiary/aromatic N) is 2. The van der Waals surface area contributed by atoms with E-state index in [1.165, 1.54) is 39.2 Å². The maximum Gasteiger partial charge on any atom is 0.335 e. The number of esters is 2. The molecule has 0 saturated carbocycles. The lowest BCUT2D eigenvalue weighted by atomic mass is 10.1. The van der Waals surface area contributed by atoms with Crippen molar-refractivity contribution < 1.29 is 59.2 Å². The molecule has 0 spiro atoms. The van der Waals surface area contributed by atoms with Crippen molar-refractivity contribution in [3.05, 3.63) is 154 Å². The molecule has 6 rings (SSSR count). The average Bonchev–Trinajstić information content (AvgIpc) is 3.39. The number of carbonyl (C=O) groups is 4. The van der Waals surface area contributed by atoms with Gasteiger partial charge in [-0.3, -0.25) is 23.8 Å². The molecule has 2 aliphatic heterocycles. The fourth-order valence-corrected chi connectivity index (χ4v) is 6.49. The summed E-state index contributed by atoms with van der Waals surface area (Å²) >= 11 is 0. The number of carbonyl (C=O) groups excluding carboxylic acids is 3. The lowest BCUT2D eigenvalue weighted by Gasteiger charge is -2.26. The highest BCUT2D eigenvalue weighted by Crippen LogP contribution is 2.12. The Bertz CT molecular complexity index is 2450. The van der Waals surface area contributed by atoms with Crippen LogP contribution in [0.4, 0.5) is 4.39 Å². The molecule has 2 saturated heterocycles. The minimum absolute atomic E-state index is 0. The molecule has 72 heavy (non-hydrogen) atoms. The van der Waals surface area contributed by atoms with Crippen molar-refractivity contribution in [1.29, 1.82) is 0 Å². The van der Waals surface area contributed by atoms with Gasteiger partial charge in [-0.25, -0.2) is 9.59 Å². The molecule has 386 valence electrons. The molecule has 15 nitrogen and oxygen atoms in total. The van der Waals surface area contributed by atoms with Gasteiger partial charge < -0.3 is 45.3 Å². The van der Waals surface area contributed by atoms with Crippen molar-refractivity contribution in [1.82, 2.24) is 15.1 Å². The lowest BCUT2D eigenvalue weighted by molar-refractivity contribution is -0.146. The van der Waals surface area contributed by atoms with Gasteiger partial charge in [-0.2, -0.15) is 0 Å². The van der Waals surface area contributed by atoms with Crippen LogP contribution in [-0.2, 0) is 41.6 Å². The summed E-state index contributed by atoms with van der Waals surface area (Å²) in [5.74, 6) is 9.60. The number of rotatable bonds is 13. The SMILES string of the molecule is C.COC(=O)[C@@H](N)[C@@H](C)O.COC(=O)[C@@H](NC(=O)c1ccc(/C=C\C#Cc2ccc(CN3CCOCC3)cc2)cc1)[C@@H](C)O.O=C(O)c1ccc(/C=C\C#Cc2ccc(CN3CCOCC3)cc2)cc1.[2H]CF. The van der Waals surface area contributed by atoms with Gasteiger partial charge in [0.15, 0.2) is 6.04 Å². The number of allylic oxidation sites excluding steroid dienone is 2. The highest BCUT2D eigenvalue weighted by Gasteiger charge is 2.27.